The molecule has 0 spiro atoms. The number of benzene rings is 3. The number of nitrogens with zero attached hydrogens (tertiary/aromatic N) is 2. The van der Waals surface area contributed by atoms with E-state index in [1.165, 1.54) is 23.6 Å². The highest BCUT2D eigenvalue weighted by Gasteiger charge is 2.62. The number of hydrogen-bond donors (Lipinski definition) is 1. The van der Waals surface area contributed by atoms with Gasteiger partial charge in [-0.3, -0.25) is 38.6 Å². The molecule has 0 radical (unpaired) electrons. The lowest BCUT2D eigenvalue weighted by molar-refractivity contribution is -0.126. The van der Waals surface area contributed by atoms with Crippen molar-refractivity contribution in [3.63, 3.8) is 0 Å². The van der Waals surface area contributed by atoms with Crippen molar-refractivity contribution in [2.24, 2.45) is 29.6 Å². The molecule has 2 saturated heterocycles. The molecule has 6 unspecified atom stereocenters. The maximum absolute atomic E-state index is 14.3. The molecule has 9 nitrogen and oxygen atoms in total. The zero-order chi connectivity index (χ0) is 33.5. The molecule has 3 aromatic carbocycles. The van der Waals surface area contributed by atoms with Crippen molar-refractivity contribution in [2.75, 3.05) is 9.80 Å². The van der Waals surface area contributed by atoms with Gasteiger partial charge in [0.2, 0.25) is 23.6 Å². The molecule has 2 heterocycles. The number of aromatic hydroxyl groups is 1. The van der Waals surface area contributed by atoms with E-state index in [2.05, 4.69) is 0 Å². The number of carbonyl (C=O) groups excluding carboxylic acids is 6. The highest BCUT2D eigenvalue weighted by molar-refractivity contribution is 6.24. The van der Waals surface area contributed by atoms with Crippen molar-refractivity contribution in [1.82, 2.24) is 0 Å². The standard InChI is InChI=1S/C38H34N2O7/c1-18-15-24(16-19(2)34(18)43)31-27-13-14-28-32(37(46)39(35(28)44)25-9-5-22(6-10-25)20(3)41)29(27)17-30-33(31)38(47)40(36(30)45)26-11-7-23(8-12-26)21(4)42/h5-13,15-16,28-33,43H,14,17H2,1-4H3. The average Bonchev–Trinajstić information content (AvgIpc) is 3.46. The fraction of sp³-hybridized carbons (Fsp3) is 0.316. The van der Waals surface area contributed by atoms with Crippen molar-refractivity contribution in [3.8, 4) is 5.75 Å². The molecule has 0 bridgehead atoms. The fourth-order valence-electron chi connectivity index (χ4n) is 8.33. The van der Waals surface area contributed by atoms with Crippen molar-refractivity contribution in [1.29, 1.82) is 0 Å². The van der Waals surface area contributed by atoms with Gasteiger partial charge in [-0.15, -0.1) is 0 Å². The van der Waals surface area contributed by atoms with Crippen LogP contribution >= 0.6 is 0 Å². The second kappa shape index (κ2) is 11.0. The van der Waals surface area contributed by atoms with E-state index < -0.39 is 35.5 Å². The van der Waals surface area contributed by atoms with Gasteiger partial charge in [-0.05, 0) is 112 Å². The summed E-state index contributed by atoms with van der Waals surface area (Å²) in [6.45, 7) is 6.47. The van der Waals surface area contributed by atoms with E-state index in [1.54, 1.807) is 62.4 Å². The predicted molar refractivity (Wildman–Crippen MR) is 173 cm³/mol. The van der Waals surface area contributed by atoms with E-state index in [-0.39, 0.29) is 47.4 Å². The Labute approximate surface area is 271 Å². The summed E-state index contributed by atoms with van der Waals surface area (Å²) in [5.41, 5.74) is 4.60. The van der Waals surface area contributed by atoms with Crippen LogP contribution in [0.15, 0.2) is 72.3 Å². The third-order valence-electron chi connectivity index (χ3n) is 10.6. The van der Waals surface area contributed by atoms with Gasteiger partial charge in [-0.25, -0.2) is 0 Å². The molecule has 4 amide bonds. The van der Waals surface area contributed by atoms with Crippen LogP contribution in [-0.2, 0) is 19.2 Å². The summed E-state index contributed by atoms with van der Waals surface area (Å²) in [5, 5.41) is 10.6. The first-order chi connectivity index (χ1) is 22.4. The van der Waals surface area contributed by atoms with E-state index >= 15 is 0 Å². The number of hydrogen-bond acceptors (Lipinski definition) is 7. The predicted octanol–water partition coefficient (Wildman–Crippen LogP) is 5.46. The number of imide groups is 2. The third kappa shape index (κ3) is 4.59. The van der Waals surface area contributed by atoms with Crippen LogP contribution in [0.25, 0.3) is 0 Å². The van der Waals surface area contributed by atoms with E-state index in [1.807, 2.05) is 18.2 Å². The number of phenols is 1. The lowest BCUT2D eigenvalue weighted by Gasteiger charge is -2.44. The van der Waals surface area contributed by atoms with Gasteiger partial charge in [0.15, 0.2) is 11.6 Å². The SMILES string of the molecule is CC(=O)c1ccc(N2C(=O)C3CC=C4C(CC5C(=O)N(c6ccc(C(C)=O)cc6)C(=O)C5C4c4cc(C)c(O)c(C)c4)C3C2=O)cc1. The molecular weight excluding hydrogens is 596 g/mol. The molecule has 238 valence electrons. The summed E-state index contributed by atoms with van der Waals surface area (Å²) >= 11 is 0. The molecule has 0 aromatic heterocycles. The number of anilines is 2. The minimum atomic E-state index is -0.750. The summed E-state index contributed by atoms with van der Waals surface area (Å²) in [6.07, 6.45) is 2.53. The Kier molecular flexibility index (Phi) is 7.11. The summed E-state index contributed by atoms with van der Waals surface area (Å²) < 4.78 is 0. The van der Waals surface area contributed by atoms with Gasteiger partial charge in [0.1, 0.15) is 5.75 Å². The molecule has 47 heavy (non-hydrogen) atoms. The van der Waals surface area contributed by atoms with Crippen LogP contribution in [-0.4, -0.2) is 40.3 Å². The van der Waals surface area contributed by atoms with Gasteiger partial charge >= 0.3 is 0 Å². The summed E-state index contributed by atoms with van der Waals surface area (Å²) in [6, 6.07) is 16.5. The van der Waals surface area contributed by atoms with Crippen LogP contribution in [0.1, 0.15) is 70.0 Å². The molecule has 2 aliphatic carbocycles. The number of aryl methyl sites for hydroxylation is 2. The second-order valence-electron chi connectivity index (χ2n) is 13.3. The topological polar surface area (TPSA) is 129 Å². The van der Waals surface area contributed by atoms with Crippen molar-refractivity contribution >= 4 is 46.6 Å². The lowest BCUT2D eigenvalue weighted by atomic mass is 9.57. The van der Waals surface area contributed by atoms with Crippen molar-refractivity contribution < 1.29 is 33.9 Å². The highest BCUT2D eigenvalue weighted by atomic mass is 16.3. The second-order valence-corrected chi connectivity index (χ2v) is 13.3. The van der Waals surface area contributed by atoms with Crippen LogP contribution in [0.5, 0.6) is 5.75 Å². The van der Waals surface area contributed by atoms with Crippen LogP contribution in [0.3, 0.4) is 0 Å². The first kappa shape index (κ1) is 30.5. The van der Waals surface area contributed by atoms with Crippen molar-refractivity contribution in [2.45, 2.75) is 46.5 Å². The van der Waals surface area contributed by atoms with Gasteiger partial charge in [-0.1, -0.05) is 23.8 Å². The number of carbonyl (C=O) groups is 6. The van der Waals surface area contributed by atoms with Crippen LogP contribution < -0.4 is 9.80 Å². The molecular formula is C38H34N2O7. The normalized spacial score (nSPS) is 26.6. The number of allylic oxidation sites excluding steroid dienone is 2. The van der Waals surface area contributed by atoms with Gasteiger partial charge in [0.25, 0.3) is 0 Å². The Balaban J connectivity index is 1.32. The number of phenolic OH excluding ortho intramolecular Hbond substituents is 1. The minimum Gasteiger partial charge on any atom is -0.507 e. The maximum atomic E-state index is 14.3. The number of amides is 4. The number of rotatable bonds is 5. The Morgan fingerprint density at radius 2 is 1.13 bits per heavy atom. The summed E-state index contributed by atoms with van der Waals surface area (Å²) in [7, 11) is 0. The summed E-state index contributed by atoms with van der Waals surface area (Å²) in [4.78, 5) is 82.7. The third-order valence-corrected chi connectivity index (χ3v) is 10.6. The molecule has 9 heteroatoms. The minimum absolute atomic E-state index is 0.125. The number of Topliss-reactive ketones (excluding diaryl/α,β-unsaturated/α-hetero) is 2. The molecule has 4 aliphatic rings. The lowest BCUT2D eigenvalue weighted by Crippen LogP contribution is -2.43. The zero-order valence-corrected chi connectivity index (χ0v) is 26.5. The van der Waals surface area contributed by atoms with Crippen LogP contribution in [0, 0.1) is 43.4 Å². The van der Waals surface area contributed by atoms with E-state index in [0.717, 1.165) is 11.1 Å². The highest BCUT2D eigenvalue weighted by Crippen LogP contribution is 2.58. The summed E-state index contributed by atoms with van der Waals surface area (Å²) in [5.74, 6) is -5.36. The molecule has 3 aromatic rings. The fourth-order valence-corrected chi connectivity index (χ4v) is 8.33. The Bertz CT molecular complexity index is 1920. The molecule has 6 atom stereocenters. The molecule has 2 aliphatic heterocycles. The van der Waals surface area contributed by atoms with Gasteiger partial charge in [0, 0.05) is 17.0 Å². The van der Waals surface area contributed by atoms with Crippen LogP contribution in [0.2, 0.25) is 0 Å². The quantitative estimate of drug-likeness (QED) is 0.225. The van der Waals surface area contributed by atoms with E-state index in [4.69, 9.17) is 0 Å². The van der Waals surface area contributed by atoms with Crippen molar-refractivity contribution in [3.05, 3.63) is 100 Å². The molecule has 3 fully saturated rings. The first-order valence-corrected chi connectivity index (χ1v) is 15.9. The molecule has 1 N–H and O–H groups in total. The van der Waals surface area contributed by atoms with E-state index in [9.17, 15) is 33.9 Å². The van der Waals surface area contributed by atoms with E-state index in [0.29, 0.717) is 40.0 Å². The number of ketones is 2. The molecule has 1 saturated carbocycles. The van der Waals surface area contributed by atoms with Gasteiger partial charge in [-0.2, -0.15) is 0 Å². The average molecular weight is 631 g/mol. The molecule has 7 rings (SSSR count). The van der Waals surface area contributed by atoms with Crippen LogP contribution in [0.4, 0.5) is 11.4 Å². The smallest absolute Gasteiger partial charge is 0.238 e. The Hall–Kier alpha value is -5.18. The largest absolute Gasteiger partial charge is 0.507 e. The maximum Gasteiger partial charge on any atom is 0.238 e. The Morgan fingerprint density at radius 1 is 0.660 bits per heavy atom. The van der Waals surface area contributed by atoms with Gasteiger partial charge < -0.3 is 5.11 Å². The number of fused-ring (bicyclic) bond motifs is 4. The van der Waals surface area contributed by atoms with Gasteiger partial charge in [0.05, 0.1) is 35.0 Å². The first-order valence-electron chi connectivity index (χ1n) is 15.9. The zero-order valence-electron chi connectivity index (χ0n) is 26.5. The monoisotopic (exact) mass is 630 g/mol. The Morgan fingerprint density at radius 3 is 1.62 bits per heavy atom.